The number of hydrogen-bond donors (Lipinski definition) is 0. The van der Waals surface area contributed by atoms with Gasteiger partial charge >= 0.3 is 0 Å². The zero-order chi connectivity index (χ0) is 44.3. The third-order valence-electron chi connectivity index (χ3n) is 13.4. The highest BCUT2D eigenvalue weighted by molar-refractivity contribution is 6.13. The third kappa shape index (κ3) is 6.67. The summed E-state index contributed by atoms with van der Waals surface area (Å²) in [5, 5.41) is 7.12. The Hall–Kier alpha value is -8.92. The first-order valence-electron chi connectivity index (χ1n) is 22.9. The Morgan fingerprint density at radius 2 is 0.761 bits per heavy atom. The molecule has 0 radical (unpaired) electrons. The van der Waals surface area contributed by atoms with Crippen LogP contribution in [0.25, 0.3) is 105 Å². The molecule has 0 aliphatic heterocycles. The summed E-state index contributed by atoms with van der Waals surface area (Å²) < 4.78 is 8.87. The van der Waals surface area contributed by atoms with E-state index >= 15 is 0 Å². The summed E-state index contributed by atoms with van der Waals surface area (Å²) in [5.74, 6) is 0. The maximum absolute atomic E-state index is 6.52. The van der Waals surface area contributed by atoms with Gasteiger partial charge in [-0.15, -0.1) is 0 Å². The molecule has 3 heteroatoms. The summed E-state index contributed by atoms with van der Waals surface area (Å²) in [6.45, 7) is 0. The van der Waals surface area contributed by atoms with Gasteiger partial charge in [0.25, 0.3) is 0 Å². The van der Waals surface area contributed by atoms with Crippen LogP contribution in [0.15, 0.2) is 259 Å². The van der Waals surface area contributed by atoms with E-state index in [1.165, 1.54) is 66.1 Å². The van der Waals surface area contributed by atoms with Crippen LogP contribution in [0.1, 0.15) is 0 Å². The van der Waals surface area contributed by atoms with E-state index in [0.29, 0.717) is 0 Å². The second-order valence-corrected chi connectivity index (χ2v) is 17.3. The highest BCUT2D eigenvalue weighted by Gasteiger charge is 2.19. The molecular formula is C64H42N2O. The van der Waals surface area contributed by atoms with E-state index < -0.39 is 0 Å². The van der Waals surface area contributed by atoms with Crippen molar-refractivity contribution in [3.05, 3.63) is 255 Å². The lowest BCUT2D eigenvalue weighted by molar-refractivity contribution is 0.666. The van der Waals surface area contributed by atoms with Gasteiger partial charge in [0, 0.05) is 38.3 Å². The van der Waals surface area contributed by atoms with Crippen molar-refractivity contribution in [3.8, 4) is 50.2 Å². The molecule has 0 fully saturated rings. The summed E-state index contributed by atoms with van der Waals surface area (Å²) in [5.41, 5.74) is 18.0. The number of nitrogens with zero attached hydrogens (tertiary/aromatic N) is 2. The van der Waals surface area contributed by atoms with Crippen LogP contribution in [-0.4, -0.2) is 4.57 Å². The van der Waals surface area contributed by atoms with Gasteiger partial charge in [-0.05, 0) is 111 Å². The molecule has 0 atom stereocenters. The van der Waals surface area contributed by atoms with Crippen LogP contribution in [0.3, 0.4) is 0 Å². The normalized spacial score (nSPS) is 11.6. The number of fused-ring (bicyclic) bond motifs is 7. The molecule has 0 spiro atoms. The van der Waals surface area contributed by atoms with Crippen molar-refractivity contribution in [2.24, 2.45) is 0 Å². The first-order chi connectivity index (χ1) is 33.2. The van der Waals surface area contributed by atoms with Crippen molar-refractivity contribution in [1.82, 2.24) is 4.57 Å². The zero-order valence-corrected chi connectivity index (χ0v) is 36.6. The molecule has 67 heavy (non-hydrogen) atoms. The van der Waals surface area contributed by atoms with Crippen molar-refractivity contribution < 1.29 is 4.42 Å². The van der Waals surface area contributed by atoms with Crippen molar-refractivity contribution in [2.75, 3.05) is 4.90 Å². The molecule has 0 bridgehead atoms. The van der Waals surface area contributed by atoms with Crippen LogP contribution in [0.2, 0.25) is 0 Å². The van der Waals surface area contributed by atoms with E-state index in [4.69, 9.17) is 4.42 Å². The minimum absolute atomic E-state index is 0.901. The Morgan fingerprint density at radius 3 is 1.43 bits per heavy atom. The topological polar surface area (TPSA) is 21.3 Å². The molecule has 0 aliphatic carbocycles. The molecule has 314 valence electrons. The number of aromatic nitrogens is 1. The van der Waals surface area contributed by atoms with Gasteiger partial charge in [-0.3, -0.25) is 0 Å². The quantitative estimate of drug-likeness (QED) is 0.152. The molecular weight excluding hydrogens is 813 g/mol. The van der Waals surface area contributed by atoms with Gasteiger partial charge in [0.2, 0.25) is 0 Å². The smallest absolute Gasteiger partial charge is 0.159 e. The minimum Gasteiger partial charge on any atom is -0.454 e. The maximum atomic E-state index is 6.52. The zero-order valence-electron chi connectivity index (χ0n) is 36.6. The molecule has 11 aromatic carbocycles. The van der Waals surface area contributed by atoms with Crippen LogP contribution in [0.5, 0.6) is 0 Å². The highest BCUT2D eigenvalue weighted by Crippen LogP contribution is 2.42. The van der Waals surface area contributed by atoms with Gasteiger partial charge < -0.3 is 13.9 Å². The molecule has 13 aromatic rings. The van der Waals surface area contributed by atoms with E-state index in [-0.39, 0.29) is 0 Å². The van der Waals surface area contributed by atoms with Crippen molar-refractivity contribution in [2.45, 2.75) is 0 Å². The molecule has 0 aliphatic rings. The maximum Gasteiger partial charge on any atom is 0.159 e. The Labute approximate surface area is 388 Å². The van der Waals surface area contributed by atoms with Gasteiger partial charge in [-0.25, -0.2) is 0 Å². The first-order valence-corrected chi connectivity index (χ1v) is 22.9. The SMILES string of the molecule is c1ccc(-c2ccc(N(c3ccc(-c4ccc(-c5ccc(-c6ccc7c(c6)c6ccccc6n7-c6cccc7c6oc6ccccc67)cc5)cc4)cc3)c3cccc4ccccc34)cc2)cc1. The number of anilines is 3. The molecule has 13 rings (SSSR count). The predicted octanol–water partition coefficient (Wildman–Crippen LogP) is 18.0. The molecule has 2 heterocycles. The molecule has 0 unspecified atom stereocenters. The number of hydrogen-bond acceptors (Lipinski definition) is 2. The van der Waals surface area contributed by atoms with Crippen molar-refractivity contribution in [1.29, 1.82) is 0 Å². The van der Waals surface area contributed by atoms with Crippen LogP contribution in [-0.2, 0) is 0 Å². The Kier molecular flexibility index (Phi) is 9.17. The predicted molar refractivity (Wildman–Crippen MR) is 282 cm³/mol. The van der Waals surface area contributed by atoms with Gasteiger partial charge in [0.1, 0.15) is 5.58 Å². The molecule has 2 aromatic heterocycles. The van der Waals surface area contributed by atoms with Crippen LogP contribution in [0, 0.1) is 0 Å². The van der Waals surface area contributed by atoms with Gasteiger partial charge in [0.05, 0.1) is 22.4 Å². The second kappa shape index (κ2) is 16.0. The highest BCUT2D eigenvalue weighted by atomic mass is 16.3. The second-order valence-electron chi connectivity index (χ2n) is 17.3. The Bertz CT molecular complexity index is 3930. The standard InChI is InChI=1S/C64H42N2O/c1-2-12-43(13-3-1)47-32-37-52(38-33-47)65(59-21-10-15-50-14-4-5-16-54(50)59)53-39-34-48(35-40-53)46-26-24-44(25-27-46)45-28-30-49(31-29-45)51-36-41-61-58(42-51)55-17-6-8-20-60(55)66(61)62-22-11-19-57-56-18-7-9-23-63(56)67-64(57)62/h1-42H. The summed E-state index contributed by atoms with van der Waals surface area (Å²) >= 11 is 0. The average molecular weight is 855 g/mol. The lowest BCUT2D eigenvalue weighted by atomic mass is 9.97. The third-order valence-corrected chi connectivity index (χ3v) is 13.4. The van der Waals surface area contributed by atoms with Gasteiger partial charge in [-0.1, -0.05) is 194 Å². The summed E-state index contributed by atoms with van der Waals surface area (Å²) in [4.78, 5) is 2.37. The molecule has 3 nitrogen and oxygen atoms in total. The van der Waals surface area contributed by atoms with Crippen LogP contribution < -0.4 is 4.90 Å². The summed E-state index contributed by atoms with van der Waals surface area (Å²) in [6.07, 6.45) is 0. The fourth-order valence-electron chi connectivity index (χ4n) is 10.1. The van der Waals surface area contributed by atoms with E-state index in [0.717, 1.165) is 55.7 Å². The molecule has 0 saturated heterocycles. The fraction of sp³-hybridized carbons (Fsp3) is 0. The minimum atomic E-state index is 0.901. The monoisotopic (exact) mass is 854 g/mol. The van der Waals surface area contributed by atoms with Gasteiger partial charge in [-0.2, -0.15) is 0 Å². The van der Waals surface area contributed by atoms with Crippen molar-refractivity contribution >= 4 is 71.6 Å². The summed E-state index contributed by atoms with van der Waals surface area (Å²) in [6, 6.07) is 91.8. The lowest BCUT2D eigenvalue weighted by Crippen LogP contribution is -2.10. The van der Waals surface area contributed by atoms with Crippen molar-refractivity contribution in [3.63, 3.8) is 0 Å². The summed E-state index contributed by atoms with van der Waals surface area (Å²) in [7, 11) is 0. The number of para-hydroxylation sites is 3. The van der Waals surface area contributed by atoms with Crippen LogP contribution in [0.4, 0.5) is 17.1 Å². The lowest BCUT2D eigenvalue weighted by Gasteiger charge is -2.27. The number of furan rings is 1. The molecule has 0 saturated carbocycles. The fourth-order valence-corrected chi connectivity index (χ4v) is 10.1. The number of benzene rings is 11. The Morgan fingerprint density at radius 1 is 0.299 bits per heavy atom. The van der Waals surface area contributed by atoms with E-state index in [2.05, 4.69) is 252 Å². The molecule has 0 N–H and O–H groups in total. The first kappa shape index (κ1) is 38.5. The molecule has 0 amide bonds. The Balaban J connectivity index is 0.784. The van der Waals surface area contributed by atoms with E-state index in [9.17, 15) is 0 Å². The van der Waals surface area contributed by atoms with E-state index in [1.807, 2.05) is 12.1 Å². The van der Waals surface area contributed by atoms with Gasteiger partial charge in [0.15, 0.2) is 5.58 Å². The number of rotatable bonds is 8. The van der Waals surface area contributed by atoms with Crippen LogP contribution >= 0.6 is 0 Å². The van der Waals surface area contributed by atoms with E-state index in [1.54, 1.807) is 0 Å². The largest absolute Gasteiger partial charge is 0.454 e. The average Bonchev–Trinajstić information content (AvgIpc) is 3.95.